The van der Waals surface area contributed by atoms with E-state index in [0.29, 0.717) is 0 Å². The maximum Gasteiger partial charge on any atom is 0.498 e. The molecule has 1 fully saturated rings. The van der Waals surface area contributed by atoms with Gasteiger partial charge in [0.1, 0.15) is 5.60 Å². The lowest BCUT2D eigenvalue weighted by Crippen LogP contribution is -2.42. The largest absolute Gasteiger partial charge is 0.498 e. The molecule has 0 amide bonds. The predicted molar refractivity (Wildman–Crippen MR) is 78.2 cm³/mol. The zero-order valence-corrected chi connectivity index (χ0v) is 13.3. The zero-order chi connectivity index (χ0) is 17.6. The van der Waals surface area contributed by atoms with Crippen LogP contribution in [-0.4, -0.2) is 31.4 Å². The highest BCUT2D eigenvalue weighted by Gasteiger charge is 2.57. The van der Waals surface area contributed by atoms with Crippen molar-refractivity contribution >= 4 is 18.6 Å². The summed E-state index contributed by atoms with van der Waals surface area (Å²) in [6, 6.07) is 2.77. The Morgan fingerprint density at radius 1 is 1.26 bits per heavy atom. The average molecular weight is 329 g/mol. The first-order chi connectivity index (χ1) is 10.4. The minimum absolute atomic E-state index is 0.172. The first-order valence-electron chi connectivity index (χ1n) is 6.89. The number of rotatable bonds is 2. The number of esters is 1. The molecule has 4 nitrogen and oxygen atoms in total. The van der Waals surface area contributed by atoms with Gasteiger partial charge in [0.25, 0.3) is 0 Å². The van der Waals surface area contributed by atoms with Crippen molar-refractivity contribution in [2.45, 2.75) is 38.1 Å². The highest BCUT2D eigenvalue weighted by atomic mass is 19.4. The summed E-state index contributed by atoms with van der Waals surface area (Å²) in [4.78, 5) is 11.9. The number of benzene rings is 1. The van der Waals surface area contributed by atoms with Gasteiger partial charge >= 0.3 is 19.3 Å². The van der Waals surface area contributed by atoms with Crippen molar-refractivity contribution in [2.75, 3.05) is 7.11 Å². The highest BCUT2D eigenvalue weighted by molar-refractivity contribution is 6.63. The third kappa shape index (κ3) is 3.18. The summed E-state index contributed by atoms with van der Waals surface area (Å²) in [7, 11) is 0.0851. The smallest absolute Gasteiger partial charge is 0.465 e. The number of hydrogen-bond donors (Lipinski definition) is 0. The molecular formula is C15H17BF3O4+. The van der Waals surface area contributed by atoms with Gasteiger partial charge in [-0.3, -0.25) is 0 Å². The van der Waals surface area contributed by atoms with E-state index in [-0.39, 0.29) is 11.0 Å². The normalized spacial score (nSPS) is 23.9. The molecule has 0 radical (unpaired) electrons. The molecule has 8 heteroatoms. The molecule has 1 aliphatic rings. The van der Waals surface area contributed by atoms with Gasteiger partial charge in [-0.2, -0.15) is 13.2 Å². The summed E-state index contributed by atoms with van der Waals surface area (Å²) in [5, 5.41) is 0. The van der Waals surface area contributed by atoms with Gasteiger partial charge in [0, 0.05) is 6.92 Å². The van der Waals surface area contributed by atoms with E-state index in [0.717, 1.165) is 25.3 Å². The Bertz CT molecular complexity index is 610. The topological polar surface area (TPSA) is 44.8 Å². The SMILES string of the molecule is [CH2+]C1(C)OB(c2ccc(C(F)(F)F)cc2C(=O)OC)OC1(C)C. The maximum atomic E-state index is 12.9. The Labute approximate surface area is 133 Å². The lowest BCUT2D eigenvalue weighted by Gasteiger charge is -2.25. The van der Waals surface area contributed by atoms with Crippen molar-refractivity contribution in [3.05, 3.63) is 36.2 Å². The summed E-state index contributed by atoms with van der Waals surface area (Å²) in [5.74, 6) is -0.895. The summed E-state index contributed by atoms with van der Waals surface area (Å²) < 4.78 is 54.6. The molecule has 0 bridgehead atoms. The molecular weight excluding hydrogens is 312 g/mol. The lowest BCUT2D eigenvalue weighted by molar-refractivity contribution is -0.137. The third-order valence-electron chi connectivity index (χ3n) is 4.08. The fourth-order valence-electron chi connectivity index (χ4n) is 2.15. The second kappa shape index (κ2) is 5.45. The van der Waals surface area contributed by atoms with E-state index in [1.54, 1.807) is 20.8 Å². The number of hydrogen-bond acceptors (Lipinski definition) is 4. The molecule has 0 saturated carbocycles. The first kappa shape index (κ1) is 17.7. The molecule has 1 atom stereocenters. The van der Waals surface area contributed by atoms with Crippen LogP contribution in [0.1, 0.15) is 36.7 Å². The van der Waals surface area contributed by atoms with E-state index >= 15 is 0 Å². The number of carbonyl (C=O) groups is 1. The molecule has 1 heterocycles. The Hall–Kier alpha value is -1.67. The average Bonchev–Trinajstić information content (AvgIpc) is 2.65. The van der Waals surface area contributed by atoms with Crippen molar-refractivity contribution in [1.29, 1.82) is 0 Å². The Morgan fingerprint density at radius 2 is 1.87 bits per heavy atom. The molecule has 0 N–H and O–H groups in total. The summed E-state index contributed by atoms with van der Waals surface area (Å²) in [6.07, 6.45) is -4.57. The van der Waals surface area contributed by atoms with Gasteiger partial charge in [0.05, 0.1) is 25.2 Å². The maximum absolute atomic E-state index is 12.9. The molecule has 0 spiro atoms. The van der Waals surface area contributed by atoms with Crippen LogP contribution in [0.2, 0.25) is 0 Å². The predicted octanol–water partition coefficient (Wildman–Crippen LogP) is 2.61. The molecule has 1 aromatic rings. The minimum Gasteiger partial charge on any atom is -0.465 e. The Kier molecular flexibility index (Phi) is 4.19. The van der Waals surface area contributed by atoms with Crippen LogP contribution in [0.25, 0.3) is 0 Å². The highest BCUT2D eigenvalue weighted by Crippen LogP contribution is 2.37. The summed E-state index contributed by atoms with van der Waals surface area (Å²) in [6.45, 7) is 9.11. The van der Waals surface area contributed by atoms with Crippen LogP contribution < -0.4 is 5.46 Å². The fourth-order valence-corrected chi connectivity index (χ4v) is 2.15. The summed E-state index contributed by atoms with van der Waals surface area (Å²) in [5.41, 5.74) is -2.73. The van der Waals surface area contributed by atoms with Crippen molar-refractivity contribution in [3.63, 3.8) is 0 Å². The van der Waals surface area contributed by atoms with Gasteiger partial charge in [-0.25, -0.2) is 4.79 Å². The molecule has 1 aliphatic heterocycles. The van der Waals surface area contributed by atoms with E-state index in [2.05, 4.69) is 11.7 Å². The number of ether oxygens (including phenoxy) is 1. The molecule has 23 heavy (non-hydrogen) atoms. The lowest BCUT2D eigenvalue weighted by atomic mass is 9.75. The Balaban J connectivity index is 2.49. The second-order valence-corrected chi connectivity index (χ2v) is 6.10. The van der Waals surface area contributed by atoms with Gasteiger partial charge in [-0.1, -0.05) is 12.1 Å². The van der Waals surface area contributed by atoms with Crippen LogP contribution in [0.15, 0.2) is 18.2 Å². The molecule has 2 rings (SSSR count). The van der Waals surface area contributed by atoms with Crippen LogP contribution in [-0.2, 0) is 20.2 Å². The molecule has 1 saturated heterocycles. The number of halogens is 3. The number of methoxy groups -OCH3 is 1. The van der Waals surface area contributed by atoms with Crippen LogP contribution in [0.5, 0.6) is 0 Å². The molecule has 124 valence electrons. The van der Waals surface area contributed by atoms with Crippen LogP contribution in [0, 0.1) is 6.92 Å². The van der Waals surface area contributed by atoms with Crippen LogP contribution in [0.3, 0.4) is 0 Å². The van der Waals surface area contributed by atoms with E-state index in [1.807, 2.05) is 0 Å². The number of alkyl halides is 3. The van der Waals surface area contributed by atoms with E-state index in [1.165, 1.54) is 0 Å². The van der Waals surface area contributed by atoms with E-state index < -0.39 is 36.0 Å². The molecule has 1 aromatic carbocycles. The second-order valence-electron chi connectivity index (χ2n) is 6.10. The van der Waals surface area contributed by atoms with Crippen LogP contribution >= 0.6 is 0 Å². The monoisotopic (exact) mass is 329 g/mol. The van der Waals surface area contributed by atoms with Gasteiger partial charge < -0.3 is 14.0 Å². The van der Waals surface area contributed by atoms with Gasteiger partial charge in [-0.15, -0.1) is 0 Å². The minimum atomic E-state index is -4.57. The Morgan fingerprint density at radius 3 is 2.30 bits per heavy atom. The molecule has 0 aliphatic carbocycles. The van der Waals surface area contributed by atoms with Gasteiger partial charge in [-0.05, 0) is 25.4 Å². The molecule has 0 aromatic heterocycles. The van der Waals surface area contributed by atoms with E-state index in [9.17, 15) is 18.0 Å². The van der Waals surface area contributed by atoms with Crippen molar-refractivity contribution < 1.29 is 32.0 Å². The van der Waals surface area contributed by atoms with Gasteiger partial charge in [0.15, 0.2) is 0 Å². The summed E-state index contributed by atoms with van der Waals surface area (Å²) >= 11 is 0. The van der Waals surface area contributed by atoms with Crippen molar-refractivity contribution in [1.82, 2.24) is 0 Å². The standard InChI is InChI=1S/C15H17BF3O4/c1-13(2)14(3,4)23-16(22-13)11-7-6-9(15(17,18)19)8-10(11)12(20)21-5/h6-8H,1H2,2-5H3/q+1. The van der Waals surface area contributed by atoms with Crippen LogP contribution in [0.4, 0.5) is 13.2 Å². The quantitative estimate of drug-likeness (QED) is 0.475. The van der Waals surface area contributed by atoms with Crippen molar-refractivity contribution in [3.8, 4) is 0 Å². The first-order valence-corrected chi connectivity index (χ1v) is 6.89. The van der Waals surface area contributed by atoms with Crippen molar-refractivity contribution in [2.24, 2.45) is 0 Å². The van der Waals surface area contributed by atoms with E-state index in [4.69, 9.17) is 9.31 Å². The fraction of sp³-hybridized carbons (Fsp3) is 0.467. The molecule has 1 unspecified atom stereocenters. The van der Waals surface area contributed by atoms with Gasteiger partial charge in [0.2, 0.25) is 5.60 Å². The number of carbonyl (C=O) groups excluding carboxylic acids is 1. The zero-order valence-electron chi connectivity index (χ0n) is 13.3. The third-order valence-corrected chi connectivity index (χ3v) is 4.08.